The molecule has 0 aliphatic rings. The summed E-state index contributed by atoms with van der Waals surface area (Å²) < 4.78 is 13.5. The molecule has 1 unspecified atom stereocenters. The van der Waals surface area contributed by atoms with Crippen molar-refractivity contribution in [1.29, 1.82) is 0 Å². The lowest BCUT2D eigenvalue weighted by atomic mass is 9.91. The Hall–Kier alpha value is -2.13. The molecular weight excluding hydrogens is 275 g/mol. The monoisotopic (exact) mass is 296 g/mol. The third kappa shape index (κ3) is 2.90. The van der Waals surface area contributed by atoms with Crippen LogP contribution < -0.4 is 5.73 Å². The Labute approximate surface area is 130 Å². The van der Waals surface area contributed by atoms with Crippen LogP contribution in [0.2, 0.25) is 0 Å². The van der Waals surface area contributed by atoms with Gasteiger partial charge in [0.15, 0.2) is 0 Å². The fourth-order valence-corrected chi connectivity index (χ4v) is 2.97. The molecule has 0 radical (unpaired) electrons. The van der Waals surface area contributed by atoms with E-state index in [-0.39, 0.29) is 11.7 Å². The summed E-state index contributed by atoms with van der Waals surface area (Å²) in [6.45, 7) is 2.69. The topological polar surface area (TPSA) is 41.8 Å². The number of aromatic amines is 1. The molecule has 2 aromatic carbocycles. The Bertz CT molecular complexity index is 759. The van der Waals surface area contributed by atoms with Crippen molar-refractivity contribution in [3.8, 4) is 0 Å². The highest BCUT2D eigenvalue weighted by Gasteiger charge is 2.15. The standard InChI is InChI=1S/C19H21FN2/c1-2-13-3-5-14(6-4-13)9-15(11-21)18-12-22-19-8-7-16(20)10-17(18)19/h3-8,10,12,15,22H,2,9,11,21H2,1H3. The fourth-order valence-electron chi connectivity index (χ4n) is 2.97. The van der Waals surface area contributed by atoms with Crippen molar-refractivity contribution in [1.82, 2.24) is 4.98 Å². The number of nitrogens with two attached hydrogens (primary N) is 1. The summed E-state index contributed by atoms with van der Waals surface area (Å²) in [4.78, 5) is 3.21. The van der Waals surface area contributed by atoms with Crippen LogP contribution in [0.4, 0.5) is 4.39 Å². The second-order valence-corrected chi connectivity index (χ2v) is 5.74. The molecule has 0 fully saturated rings. The molecule has 1 aromatic heterocycles. The molecule has 3 heteroatoms. The van der Waals surface area contributed by atoms with Gasteiger partial charge < -0.3 is 10.7 Å². The first-order chi connectivity index (χ1) is 10.7. The van der Waals surface area contributed by atoms with E-state index in [9.17, 15) is 4.39 Å². The van der Waals surface area contributed by atoms with Crippen molar-refractivity contribution in [2.45, 2.75) is 25.7 Å². The highest BCUT2D eigenvalue weighted by molar-refractivity contribution is 5.83. The number of benzene rings is 2. The van der Waals surface area contributed by atoms with Gasteiger partial charge in [-0.25, -0.2) is 4.39 Å². The number of hydrogen-bond acceptors (Lipinski definition) is 1. The second-order valence-electron chi connectivity index (χ2n) is 5.74. The molecule has 0 spiro atoms. The molecule has 3 aromatic rings. The fraction of sp³-hybridized carbons (Fsp3) is 0.263. The molecule has 1 atom stereocenters. The minimum atomic E-state index is -0.212. The lowest BCUT2D eigenvalue weighted by Gasteiger charge is -2.15. The van der Waals surface area contributed by atoms with Gasteiger partial charge in [0, 0.05) is 23.0 Å². The molecule has 0 saturated heterocycles. The highest BCUT2D eigenvalue weighted by Crippen LogP contribution is 2.28. The zero-order chi connectivity index (χ0) is 15.5. The van der Waals surface area contributed by atoms with Gasteiger partial charge in [-0.1, -0.05) is 31.2 Å². The summed E-state index contributed by atoms with van der Waals surface area (Å²) in [5, 5.41) is 0.931. The average Bonchev–Trinajstić information content (AvgIpc) is 2.96. The molecule has 22 heavy (non-hydrogen) atoms. The van der Waals surface area contributed by atoms with Crippen LogP contribution in [0.25, 0.3) is 10.9 Å². The zero-order valence-electron chi connectivity index (χ0n) is 12.8. The quantitative estimate of drug-likeness (QED) is 0.729. The Kier molecular flexibility index (Phi) is 4.25. The van der Waals surface area contributed by atoms with Crippen molar-refractivity contribution in [3.05, 3.63) is 71.2 Å². The van der Waals surface area contributed by atoms with E-state index in [1.807, 2.05) is 6.20 Å². The van der Waals surface area contributed by atoms with Crippen molar-refractivity contribution in [3.63, 3.8) is 0 Å². The minimum absolute atomic E-state index is 0.183. The lowest BCUT2D eigenvalue weighted by Crippen LogP contribution is -2.14. The van der Waals surface area contributed by atoms with Crippen LogP contribution in [0.3, 0.4) is 0 Å². The average molecular weight is 296 g/mol. The first-order valence-electron chi connectivity index (χ1n) is 7.75. The van der Waals surface area contributed by atoms with E-state index in [1.165, 1.54) is 17.2 Å². The third-order valence-corrected chi connectivity index (χ3v) is 4.31. The van der Waals surface area contributed by atoms with Crippen LogP contribution in [0, 0.1) is 5.82 Å². The van der Waals surface area contributed by atoms with E-state index >= 15 is 0 Å². The van der Waals surface area contributed by atoms with E-state index in [2.05, 4.69) is 36.2 Å². The number of aryl methyl sites for hydroxylation is 1. The number of fused-ring (bicyclic) bond motifs is 1. The normalized spacial score (nSPS) is 12.7. The van der Waals surface area contributed by atoms with Gasteiger partial charge in [0.1, 0.15) is 5.82 Å². The van der Waals surface area contributed by atoms with Crippen LogP contribution >= 0.6 is 0 Å². The smallest absolute Gasteiger partial charge is 0.123 e. The molecule has 1 heterocycles. The number of nitrogens with one attached hydrogen (secondary N) is 1. The van der Waals surface area contributed by atoms with Crippen LogP contribution in [0.1, 0.15) is 29.5 Å². The van der Waals surface area contributed by atoms with Crippen LogP contribution in [-0.4, -0.2) is 11.5 Å². The van der Waals surface area contributed by atoms with Crippen LogP contribution in [-0.2, 0) is 12.8 Å². The Morgan fingerprint density at radius 3 is 2.50 bits per heavy atom. The molecular formula is C19H21FN2. The van der Waals surface area contributed by atoms with Crippen molar-refractivity contribution in [2.75, 3.05) is 6.54 Å². The summed E-state index contributed by atoms with van der Waals surface area (Å²) in [7, 11) is 0. The number of rotatable bonds is 5. The number of H-pyrrole nitrogens is 1. The van der Waals surface area contributed by atoms with Gasteiger partial charge >= 0.3 is 0 Å². The third-order valence-electron chi connectivity index (χ3n) is 4.31. The molecule has 0 saturated carbocycles. The van der Waals surface area contributed by atoms with Gasteiger partial charge in [-0.2, -0.15) is 0 Å². The Balaban J connectivity index is 1.90. The summed E-state index contributed by atoms with van der Waals surface area (Å²) >= 11 is 0. The van der Waals surface area contributed by atoms with Crippen molar-refractivity contribution in [2.24, 2.45) is 5.73 Å². The van der Waals surface area contributed by atoms with Crippen LogP contribution in [0.15, 0.2) is 48.7 Å². The van der Waals surface area contributed by atoms with Gasteiger partial charge in [-0.3, -0.25) is 0 Å². The molecule has 0 amide bonds. The maximum Gasteiger partial charge on any atom is 0.123 e. The number of halogens is 1. The van der Waals surface area contributed by atoms with E-state index in [1.54, 1.807) is 12.1 Å². The molecule has 114 valence electrons. The predicted molar refractivity (Wildman–Crippen MR) is 89.6 cm³/mol. The second kappa shape index (κ2) is 6.32. The first-order valence-corrected chi connectivity index (χ1v) is 7.75. The van der Waals surface area contributed by atoms with Gasteiger partial charge in [0.05, 0.1) is 0 Å². The number of hydrogen-bond donors (Lipinski definition) is 2. The van der Waals surface area contributed by atoms with Crippen molar-refractivity contribution < 1.29 is 4.39 Å². The molecule has 0 aliphatic heterocycles. The first kappa shape index (κ1) is 14.8. The minimum Gasteiger partial charge on any atom is -0.361 e. The Morgan fingerprint density at radius 2 is 1.82 bits per heavy atom. The summed E-state index contributed by atoms with van der Waals surface area (Å²) in [6.07, 6.45) is 3.87. The highest BCUT2D eigenvalue weighted by atomic mass is 19.1. The maximum atomic E-state index is 13.5. The molecule has 3 rings (SSSR count). The van der Waals surface area contributed by atoms with Crippen LogP contribution in [0.5, 0.6) is 0 Å². The molecule has 2 nitrogen and oxygen atoms in total. The molecule has 0 bridgehead atoms. The molecule has 0 aliphatic carbocycles. The van der Waals surface area contributed by atoms with Gasteiger partial charge in [0.25, 0.3) is 0 Å². The van der Waals surface area contributed by atoms with Gasteiger partial charge in [0.2, 0.25) is 0 Å². The summed E-state index contributed by atoms with van der Waals surface area (Å²) in [5.74, 6) is -0.0283. The number of aromatic nitrogens is 1. The summed E-state index contributed by atoms with van der Waals surface area (Å²) in [5.41, 5.74) is 10.6. The summed E-state index contributed by atoms with van der Waals surface area (Å²) in [6, 6.07) is 13.5. The van der Waals surface area contributed by atoms with Gasteiger partial charge in [-0.15, -0.1) is 0 Å². The van der Waals surface area contributed by atoms with E-state index < -0.39 is 0 Å². The van der Waals surface area contributed by atoms with Gasteiger partial charge in [-0.05, 0) is 54.3 Å². The maximum absolute atomic E-state index is 13.5. The lowest BCUT2D eigenvalue weighted by molar-refractivity contribution is 0.629. The SMILES string of the molecule is CCc1ccc(CC(CN)c2c[nH]c3ccc(F)cc23)cc1. The van der Waals surface area contributed by atoms with Crippen molar-refractivity contribution >= 4 is 10.9 Å². The zero-order valence-corrected chi connectivity index (χ0v) is 12.8. The Morgan fingerprint density at radius 1 is 1.09 bits per heavy atom. The molecule has 3 N–H and O–H groups in total. The largest absolute Gasteiger partial charge is 0.361 e. The van der Waals surface area contributed by atoms with E-state index in [0.29, 0.717) is 6.54 Å². The predicted octanol–water partition coefficient (Wildman–Crippen LogP) is 4.15. The van der Waals surface area contributed by atoms with E-state index in [0.717, 1.165) is 29.3 Å². The van der Waals surface area contributed by atoms with E-state index in [4.69, 9.17) is 5.73 Å².